The van der Waals surface area contributed by atoms with Crippen molar-refractivity contribution in [3.05, 3.63) is 98.5 Å². The van der Waals surface area contributed by atoms with Crippen molar-refractivity contribution in [2.24, 2.45) is 4.99 Å². The van der Waals surface area contributed by atoms with Gasteiger partial charge in [-0.1, -0.05) is 59.1 Å². The minimum atomic E-state index is -0.278. The van der Waals surface area contributed by atoms with Crippen LogP contribution < -0.4 is 5.32 Å². The Balaban J connectivity index is 1.76. The summed E-state index contributed by atoms with van der Waals surface area (Å²) in [6.45, 7) is 0. The lowest BCUT2D eigenvalue weighted by molar-refractivity contribution is 0.413. The smallest absolute Gasteiger partial charge is 0.126 e. The molecule has 1 aliphatic heterocycles. The lowest BCUT2D eigenvalue weighted by atomic mass is 9.93. The zero-order chi connectivity index (χ0) is 19.7. The Morgan fingerprint density at radius 3 is 2.11 bits per heavy atom. The maximum atomic E-state index is 10.4. The maximum absolute atomic E-state index is 10.4. The Labute approximate surface area is 178 Å². The van der Waals surface area contributed by atoms with Crippen LogP contribution in [0.5, 0.6) is 5.75 Å². The van der Waals surface area contributed by atoms with E-state index in [4.69, 9.17) is 39.8 Å². The van der Waals surface area contributed by atoms with Crippen molar-refractivity contribution in [3.8, 4) is 5.75 Å². The highest BCUT2D eigenvalue weighted by atomic mass is 35.5. The fourth-order valence-corrected chi connectivity index (χ4v) is 3.78. The van der Waals surface area contributed by atoms with Gasteiger partial charge in [0.1, 0.15) is 11.9 Å². The average Bonchev–Trinajstić information content (AvgIpc) is 2.70. The topological polar surface area (TPSA) is 44.6 Å². The number of hydrogen-bond donors (Lipinski definition) is 2. The molecule has 6 heteroatoms. The number of hydrogen-bond acceptors (Lipinski definition) is 3. The number of rotatable bonds is 3. The average molecular weight is 432 g/mol. The lowest BCUT2D eigenvalue weighted by Gasteiger charge is -2.31. The van der Waals surface area contributed by atoms with Gasteiger partial charge in [-0.15, -0.1) is 0 Å². The Hall–Kier alpha value is -2.04. The Bertz CT molecular complexity index is 1020. The Morgan fingerprint density at radius 1 is 0.821 bits per heavy atom. The van der Waals surface area contributed by atoms with Crippen molar-refractivity contribution in [3.63, 3.8) is 0 Å². The molecule has 3 nitrogen and oxygen atoms in total. The van der Waals surface area contributed by atoms with Crippen LogP contribution in [0.15, 0.2) is 71.7 Å². The molecule has 0 bridgehead atoms. The Morgan fingerprint density at radius 2 is 1.43 bits per heavy atom. The van der Waals surface area contributed by atoms with Crippen LogP contribution in [-0.2, 0) is 0 Å². The monoisotopic (exact) mass is 430 g/mol. The maximum Gasteiger partial charge on any atom is 0.126 e. The van der Waals surface area contributed by atoms with E-state index in [-0.39, 0.29) is 18.0 Å². The van der Waals surface area contributed by atoms with Crippen LogP contribution in [0.3, 0.4) is 0 Å². The minimum Gasteiger partial charge on any atom is -0.508 e. The van der Waals surface area contributed by atoms with E-state index in [0.29, 0.717) is 21.5 Å². The predicted molar refractivity (Wildman–Crippen MR) is 116 cm³/mol. The fourth-order valence-electron chi connectivity index (χ4n) is 3.34. The third-order valence-corrected chi connectivity index (χ3v) is 5.51. The number of nitrogens with zero attached hydrogens (tertiary/aromatic N) is 1. The van der Waals surface area contributed by atoms with E-state index in [0.717, 1.165) is 22.4 Å². The van der Waals surface area contributed by atoms with Gasteiger partial charge < -0.3 is 5.11 Å². The van der Waals surface area contributed by atoms with Gasteiger partial charge in [-0.05, 0) is 53.6 Å². The zero-order valence-corrected chi connectivity index (χ0v) is 17.0. The molecular weight excluding hydrogens is 415 g/mol. The molecule has 2 atom stereocenters. The molecule has 0 fully saturated rings. The first-order valence-electron chi connectivity index (χ1n) is 8.82. The van der Waals surface area contributed by atoms with E-state index in [9.17, 15) is 5.11 Å². The largest absolute Gasteiger partial charge is 0.508 e. The number of aromatic hydroxyl groups is 1. The van der Waals surface area contributed by atoms with Gasteiger partial charge in [-0.25, -0.2) is 0 Å². The molecule has 0 spiro atoms. The minimum absolute atomic E-state index is 0.150. The predicted octanol–water partition coefficient (Wildman–Crippen LogP) is 6.57. The lowest BCUT2D eigenvalue weighted by Crippen LogP contribution is -2.33. The summed E-state index contributed by atoms with van der Waals surface area (Å²) in [5.41, 5.74) is 3.66. The molecule has 0 aliphatic carbocycles. The van der Waals surface area contributed by atoms with Crippen LogP contribution in [0.1, 0.15) is 35.3 Å². The number of benzene rings is 3. The van der Waals surface area contributed by atoms with Gasteiger partial charge >= 0.3 is 0 Å². The molecule has 0 radical (unpaired) electrons. The molecule has 1 aliphatic rings. The molecule has 0 saturated carbocycles. The first-order valence-corrected chi connectivity index (χ1v) is 9.95. The van der Waals surface area contributed by atoms with E-state index in [2.05, 4.69) is 5.32 Å². The summed E-state index contributed by atoms with van der Waals surface area (Å²) in [4.78, 5) is 4.91. The molecule has 142 valence electrons. The van der Waals surface area contributed by atoms with Gasteiger partial charge in [0.25, 0.3) is 0 Å². The van der Waals surface area contributed by atoms with Gasteiger partial charge in [-0.3, -0.25) is 10.3 Å². The van der Waals surface area contributed by atoms with E-state index >= 15 is 0 Å². The second-order valence-corrected chi connectivity index (χ2v) is 7.97. The number of phenols is 1. The van der Waals surface area contributed by atoms with Crippen molar-refractivity contribution in [1.29, 1.82) is 0 Å². The molecule has 0 unspecified atom stereocenters. The van der Waals surface area contributed by atoms with E-state index in [1.54, 1.807) is 18.2 Å². The molecule has 0 saturated heterocycles. The molecular formula is C22H17Cl3N2O. The number of nitrogens with one attached hydrogen (secondary N) is 1. The second kappa shape index (κ2) is 8.14. The van der Waals surface area contributed by atoms with Crippen molar-refractivity contribution in [2.45, 2.75) is 18.6 Å². The van der Waals surface area contributed by atoms with E-state index < -0.39 is 0 Å². The first-order chi connectivity index (χ1) is 13.5. The first kappa shape index (κ1) is 19.3. The Kier molecular flexibility index (Phi) is 5.61. The highest BCUT2D eigenvalue weighted by Gasteiger charge is 2.27. The molecule has 2 N–H and O–H groups in total. The SMILES string of the molecule is Oc1ccc(Cl)cc1[C@H]1CC(c2ccc(Cl)cc2)=N[C@@H](c2ccc(Cl)cc2)N1. The summed E-state index contributed by atoms with van der Waals surface area (Å²) < 4.78 is 0. The summed E-state index contributed by atoms with van der Waals surface area (Å²) in [6, 6.07) is 20.1. The standard InChI is InChI=1S/C22H17Cl3N2O/c23-15-5-1-13(2-6-15)19-12-20(18-11-17(25)9-10-21(18)28)27-22(26-19)14-3-7-16(24)8-4-14/h1-11,20,22,27-28H,12H2/t20-,22-/m1/s1. The molecule has 3 aromatic rings. The van der Waals surface area contributed by atoms with E-state index in [1.807, 2.05) is 48.5 Å². The molecule has 28 heavy (non-hydrogen) atoms. The summed E-state index contributed by atoms with van der Waals surface area (Å²) in [5, 5.41) is 15.8. The van der Waals surface area contributed by atoms with E-state index in [1.165, 1.54) is 0 Å². The van der Waals surface area contributed by atoms with Gasteiger partial charge in [0.15, 0.2) is 0 Å². The van der Waals surface area contributed by atoms with Gasteiger partial charge in [-0.2, -0.15) is 0 Å². The molecule has 4 rings (SSSR count). The van der Waals surface area contributed by atoms with Gasteiger partial charge in [0, 0.05) is 38.8 Å². The third-order valence-electron chi connectivity index (χ3n) is 4.77. The summed E-state index contributed by atoms with van der Waals surface area (Å²) in [5.74, 6) is 0.203. The second-order valence-electron chi connectivity index (χ2n) is 6.66. The van der Waals surface area contributed by atoms with Crippen LogP contribution in [-0.4, -0.2) is 10.8 Å². The molecule has 0 aromatic heterocycles. The number of halogens is 3. The fraction of sp³-hybridized carbons (Fsp3) is 0.136. The highest BCUT2D eigenvalue weighted by Crippen LogP contribution is 2.36. The van der Waals surface area contributed by atoms with Crippen LogP contribution in [0.4, 0.5) is 0 Å². The summed E-state index contributed by atoms with van der Waals surface area (Å²) in [6.07, 6.45) is 0.333. The normalized spacial score (nSPS) is 19.3. The number of phenolic OH excluding ortho intramolecular Hbond substituents is 1. The van der Waals surface area contributed by atoms with Crippen LogP contribution in [0, 0.1) is 0 Å². The zero-order valence-electron chi connectivity index (χ0n) is 14.7. The highest BCUT2D eigenvalue weighted by molar-refractivity contribution is 6.31. The van der Waals surface area contributed by atoms with Crippen molar-refractivity contribution in [1.82, 2.24) is 5.32 Å². The molecule has 1 heterocycles. The summed E-state index contributed by atoms with van der Waals surface area (Å²) >= 11 is 18.3. The summed E-state index contributed by atoms with van der Waals surface area (Å²) in [7, 11) is 0. The van der Waals surface area contributed by atoms with Crippen molar-refractivity contribution >= 4 is 40.5 Å². The number of aliphatic imine (C=N–C) groups is 1. The van der Waals surface area contributed by atoms with Crippen LogP contribution >= 0.6 is 34.8 Å². The quantitative estimate of drug-likeness (QED) is 0.492. The van der Waals surface area contributed by atoms with Gasteiger partial charge in [0.05, 0.1) is 0 Å². The third kappa shape index (κ3) is 4.18. The van der Waals surface area contributed by atoms with Crippen molar-refractivity contribution < 1.29 is 5.11 Å². The van der Waals surface area contributed by atoms with Crippen LogP contribution in [0.25, 0.3) is 0 Å². The van der Waals surface area contributed by atoms with Gasteiger partial charge in [0.2, 0.25) is 0 Å². The molecule has 0 amide bonds. The van der Waals surface area contributed by atoms with Crippen LogP contribution in [0.2, 0.25) is 15.1 Å². The molecule has 3 aromatic carbocycles. The van der Waals surface area contributed by atoms with Crippen molar-refractivity contribution in [2.75, 3.05) is 0 Å².